The Morgan fingerprint density at radius 2 is 1.92 bits per heavy atom. The molecule has 0 bridgehead atoms. The molecule has 1 saturated carbocycles. The van der Waals surface area contributed by atoms with Crippen molar-refractivity contribution in [1.82, 2.24) is 14.3 Å². The van der Waals surface area contributed by atoms with Crippen molar-refractivity contribution in [2.24, 2.45) is 0 Å². The molecule has 1 aliphatic heterocycles. The third-order valence-electron chi connectivity index (χ3n) is 5.28. The van der Waals surface area contributed by atoms with E-state index in [1.165, 1.54) is 12.1 Å². The fraction of sp³-hybridized carbons (Fsp3) is 0.588. The number of aromatic nitrogens is 2. The minimum atomic E-state index is -3.31. The van der Waals surface area contributed by atoms with E-state index in [1.807, 2.05) is 0 Å². The van der Waals surface area contributed by atoms with Crippen molar-refractivity contribution < 1.29 is 12.8 Å². The van der Waals surface area contributed by atoms with Crippen LogP contribution in [0.4, 0.5) is 4.39 Å². The normalized spacial score (nSPS) is 24.0. The molecule has 1 aromatic carbocycles. The molecule has 5 nitrogen and oxygen atoms in total. The van der Waals surface area contributed by atoms with Gasteiger partial charge in [-0.15, -0.1) is 0 Å². The molecular formula is C17H22FN3O2S. The second-order valence-corrected chi connectivity index (χ2v) is 9.02. The van der Waals surface area contributed by atoms with Crippen LogP contribution < -0.4 is 0 Å². The zero-order valence-corrected chi connectivity index (χ0v) is 14.4. The minimum absolute atomic E-state index is 0.256. The average Bonchev–Trinajstić information content (AvgIpc) is 3.21. The van der Waals surface area contributed by atoms with Crippen molar-refractivity contribution in [3.05, 3.63) is 29.8 Å². The largest absolute Gasteiger partial charge is 0.341 e. The van der Waals surface area contributed by atoms with Gasteiger partial charge in [0.15, 0.2) is 0 Å². The maximum Gasteiger partial charge on any atom is 0.217 e. The first-order valence-corrected chi connectivity index (χ1v) is 10.2. The molecule has 2 heterocycles. The van der Waals surface area contributed by atoms with E-state index in [0.29, 0.717) is 23.4 Å². The van der Waals surface area contributed by atoms with E-state index in [2.05, 4.69) is 9.97 Å². The highest BCUT2D eigenvalue weighted by Gasteiger charge is 2.41. The fourth-order valence-corrected chi connectivity index (χ4v) is 6.29. The fourth-order valence-electron chi connectivity index (χ4n) is 4.03. The summed E-state index contributed by atoms with van der Waals surface area (Å²) in [5.74, 6) is 0.309. The summed E-state index contributed by atoms with van der Waals surface area (Å²) >= 11 is 0. The number of H-pyrrole nitrogens is 1. The van der Waals surface area contributed by atoms with Crippen LogP contribution in [0, 0.1) is 5.82 Å². The molecule has 24 heavy (non-hydrogen) atoms. The third-order valence-corrected chi connectivity index (χ3v) is 7.69. The predicted molar refractivity (Wildman–Crippen MR) is 90.5 cm³/mol. The predicted octanol–water partition coefficient (Wildman–Crippen LogP) is 3.50. The highest BCUT2D eigenvalue weighted by atomic mass is 32.2. The van der Waals surface area contributed by atoms with Gasteiger partial charge < -0.3 is 4.98 Å². The van der Waals surface area contributed by atoms with E-state index in [-0.39, 0.29) is 17.1 Å². The number of sulfonamides is 1. The SMILES string of the molecule is O=S(=O)(C1CCCCC1)N1CCCC1c1nc2ccc(F)cc2[nH]1. The number of nitrogens with zero attached hydrogens (tertiary/aromatic N) is 2. The number of imidazole rings is 1. The van der Waals surface area contributed by atoms with Gasteiger partial charge in [-0.25, -0.2) is 17.8 Å². The number of halogens is 1. The summed E-state index contributed by atoms with van der Waals surface area (Å²) in [5, 5.41) is -0.256. The summed E-state index contributed by atoms with van der Waals surface area (Å²) < 4.78 is 41.1. The number of nitrogens with one attached hydrogen (secondary N) is 1. The minimum Gasteiger partial charge on any atom is -0.341 e. The molecule has 0 spiro atoms. The molecule has 1 N–H and O–H groups in total. The molecule has 1 saturated heterocycles. The van der Waals surface area contributed by atoms with Gasteiger partial charge in [0.05, 0.1) is 22.3 Å². The lowest BCUT2D eigenvalue weighted by Gasteiger charge is -2.30. The lowest BCUT2D eigenvalue weighted by molar-refractivity contribution is 0.366. The Kier molecular flexibility index (Phi) is 4.08. The van der Waals surface area contributed by atoms with E-state index in [4.69, 9.17) is 0 Å². The zero-order chi connectivity index (χ0) is 16.7. The van der Waals surface area contributed by atoms with Crippen molar-refractivity contribution in [2.75, 3.05) is 6.54 Å². The van der Waals surface area contributed by atoms with Crippen LogP contribution in [-0.2, 0) is 10.0 Å². The van der Waals surface area contributed by atoms with E-state index in [9.17, 15) is 12.8 Å². The maximum absolute atomic E-state index is 13.4. The molecule has 7 heteroatoms. The van der Waals surface area contributed by atoms with Gasteiger partial charge in [0.25, 0.3) is 0 Å². The Bertz CT molecular complexity index is 843. The molecule has 0 amide bonds. The number of rotatable bonds is 3. The Labute approximate surface area is 141 Å². The molecule has 4 rings (SSSR count). The van der Waals surface area contributed by atoms with Gasteiger partial charge in [-0.2, -0.15) is 4.31 Å². The van der Waals surface area contributed by atoms with Crippen molar-refractivity contribution in [3.8, 4) is 0 Å². The molecular weight excluding hydrogens is 329 g/mol. The summed E-state index contributed by atoms with van der Waals surface area (Å²) in [5.41, 5.74) is 1.29. The monoisotopic (exact) mass is 351 g/mol. The van der Waals surface area contributed by atoms with Crippen LogP contribution in [0.1, 0.15) is 56.8 Å². The maximum atomic E-state index is 13.4. The first kappa shape index (κ1) is 16.0. The average molecular weight is 351 g/mol. The summed E-state index contributed by atoms with van der Waals surface area (Å²) in [6.45, 7) is 0.551. The van der Waals surface area contributed by atoms with Gasteiger partial charge >= 0.3 is 0 Å². The molecule has 2 fully saturated rings. The lowest BCUT2D eigenvalue weighted by Crippen LogP contribution is -2.39. The quantitative estimate of drug-likeness (QED) is 0.920. The lowest BCUT2D eigenvalue weighted by atomic mass is 10.0. The summed E-state index contributed by atoms with van der Waals surface area (Å²) in [6.07, 6.45) is 6.23. The van der Waals surface area contributed by atoms with Crippen LogP contribution in [0.25, 0.3) is 11.0 Å². The Hall–Kier alpha value is -1.47. The second kappa shape index (κ2) is 6.11. The van der Waals surface area contributed by atoms with Gasteiger partial charge in [0, 0.05) is 6.54 Å². The summed E-state index contributed by atoms with van der Waals surface area (Å²) in [6, 6.07) is 4.14. The highest BCUT2D eigenvalue weighted by molar-refractivity contribution is 7.89. The second-order valence-electron chi connectivity index (χ2n) is 6.86. The molecule has 1 aromatic heterocycles. The summed E-state index contributed by atoms with van der Waals surface area (Å²) in [7, 11) is -3.31. The van der Waals surface area contributed by atoms with Crippen molar-refractivity contribution >= 4 is 21.1 Å². The van der Waals surface area contributed by atoms with Crippen LogP contribution >= 0.6 is 0 Å². The van der Waals surface area contributed by atoms with Gasteiger partial charge in [0.1, 0.15) is 11.6 Å². The zero-order valence-electron chi connectivity index (χ0n) is 13.5. The first-order valence-electron chi connectivity index (χ1n) is 8.71. The van der Waals surface area contributed by atoms with Gasteiger partial charge in [-0.05, 0) is 43.9 Å². The van der Waals surface area contributed by atoms with Crippen LogP contribution in [0.3, 0.4) is 0 Å². The molecule has 2 aromatic rings. The standard InChI is InChI=1S/C17H22FN3O2S/c18-12-8-9-14-15(11-12)20-17(19-14)16-7-4-10-21(16)24(22,23)13-5-2-1-3-6-13/h8-9,11,13,16H,1-7,10H2,(H,19,20). The van der Waals surface area contributed by atoms with Crippen molar-refractivity contribution in [3.63, 3.8) is 0 Å². The molecule has 2 aliphatic rings. The Morgan fingerprint density at radius 3 is 2.71 bits per heavy atom. The van der Waals surface area contributed by atoms with Gasteiger partial charge in [-0.3, -0.25) is 0 Å². The van der Waals surface area contributed by atoms with Crippen LogP contribution in [0.15, 0.2) is 18.2 Å². The van der Waals surface area contributed by atoms with Gasteiger partial charge in [0.2, 0.25) is 10.0 Å². The third kappa shape index (κ3) is 2.73. The van der Waals surface area contributed by atoms with E-state index in [0.717, 1.165) is 44.9 Å². The molecule has 1 aliphatic carbocycles. The van der Waals surface area contributed by atoms with Crippen molar-refractivity contribution in [2.45, 2.75) is 56.2 Å². The van der Waals surface area contributed by atoms with E-state index >= 15 is 0 Å². The molecule has 1 unspecified atom stereocenters. The number of hydrogen-bond acceptors (Lipinski definition) is 3. The topological polar surface area (TPSA) is 66.1 Å². The highest BCUT2D eigenvalue weighted by Crippen LogP contribution is 2.37. The number of hydrogen-bond donors (Lipinski definition) is 1. The van der Waals surface area contributed by atoms with E-state index in [1.54, 1.807) is 10.4 Å². The molecule has 130 valence electrons. The first-order chi connectivity index (χ1) is 11.6. The number of fused-ring (bicyclic) bond motifs is 1. The van der Waals surface area contributed by atoms with Crippen LogP contribution in [0.5, 0.6) is 0 Å². The van der Waals surface area contributed by atoms with E-state index < -0.39 is 10.0 Å². The molecule has 1 atom stereocenters. The Morgan fingerprint density at radius 1 is 1.12 bits per heavy atom. The van der Waals surface area contributed by atoms with Gasteiger partial charge in [-0.1, -0.05) is 19.3 Å². The Balaban J connectivity index is 1.66. The smallest absolute Gasteiger partial charge is 0.217 e. The number of aromatic amines is 1. The van der Waals surface area contributed by atoms with Crippen molar-refractivity contribution in [1.29, 1.82) is 0 Å². The van der Waals surface area contributed by atoms with Crippen LogP contribution in [-0.4, -0.2) is 34.5 Å². The summed E-state index contributed by atoms with van der Waals surface area (Å²) in [4.78, 5) is 7.64. The molecule has 0 radical (unpaired) electrons. The number of benzene rings is 1. The van der Waals surface area contributed by atoms with Crippen LogP contribution in [0.2, 0.25) is 0 Å².